The number of rotatable bonds is 4. The molecule has 2 heterocycles. The van der Waals surface area contributed by atoms with Crippen LogP contribution in [0.3, 0.4) is 0 Å². The molecule has 3 rings (SSSR count). The van der Waals surface area contributed by atoms with E-state index in [0.717, 1.165) is 13.1 Å². The minimum absolute atomic E-state index is 0.517. The molecular formula is C17H21BrN2. The quantitative estimate of drug-likeness (QED) is 0.818. The van der Waals surface area contributed by atoms with Crippen LogP contribution in [0.2, 0.25) is 0 Å². The lowest BCUT2D eigenvalue weighted by atomic mass is 9.92. The highest BCUT2D eigenvalue weighted by Gasteiger charge is 2.27. The van der Waals surface area contributed by atoms with Crippen molar-refractivity contribution >= 4 is 26.8 Å². The molecule has 0 aliphatic carbocycles. The van der Waals surface area contributed by atoms with Crippen molar-refractivity contribution in [1.29, 1.82) is 0 Å². The van der Waals surface area contributed by atoms with Gasteiger partial charge in [-0.25, -0.2) is 0 Å². The Morgan fingerprint density at radius 1 is 1.50 bits per heavy atom. The zero-order chi connectivity index (χ0) is 14.1. The van der Waals surface area contributed by atoms with Crippen LogP contribution in [0.1, 0.15) is 31.2 Å². The first-order valence-electron chi connectivity index (χ1n) is 7.35. The third kappa shape index (κ3) is 2.23. The zero-order valence-corrected chi connectivity index (χ0v) is 13.5. The molecule has 1 N–H and O–H groups in total. The van der Waals surface area contributed by atoms with Gasteiger partial charge in [-0.1, -0.05) is 31.2 Å². The fraction of sp³-hybridized carbons (Fsp3) is 0.412. The van der Waals surface area contributed by atoms with Crippen LogP contribution in [0.15, 0.2) is 41.5 Å². The fourth-order valence-electron chi connectivity index (χ4n) is 3.38. The molecule has 1 saturated heterocycles. The zero-order valence-electron chi connectivity index (χ0n) is 11.9. The van der Waals surface area contributed by atoms with E-state index in [1.807, 2.05) is 6.08 Å². The van der Waals surface area contributed by atoms with Crippen LogP contribution in [-0.4, -0.2) is 17.2 Å². The minimum atomic E-state index is 0.517. The molecule has 1 aliphatic rings. The van der Waals surface area contributed by atoms with Crippen LogP contribution in [0.5, 0.6) is 0 Å². The lowest BCUT2D eigenvalue weighted by molar-refractivity contribution is 0.517. The second kappa shape index (κ2) is 5.74. The van der Waals surface area contributed by atoms with Crippen molar-refractivity contribution in [2.45, 2.75) is 38.3 Å². The first-order valence-corrected chi connectivity index (χ1v) is 8.14. The number of nitrogens with zero attached hydrogens (tertiary/aromatic N) is 1. The second-order valence-electron chi connectivity index (χ2n) is 5.61. The standard InChI is InChI=1S/C17H21BrN2/c1-3-11-20-15-9-5-4-7-13(15)16(17(20)18)12(2)14-8-6-10-19-14/h3-5,7,9,12,14,19H,1,6,8,10-11H2,2H3/t12?,14-/m1/s1. The Morgan fingerprint density at radius 3 is 3.00 bits per heavy atom. The summed E-state index contributed by atoms with van der Waals surface area (Å²) in [5.41, 5.74) is 2.72. The van der Waals surface area contributed by atoms with Crippen molar-refractivity contribution in [3.05, 3.63) is 47.1 Å². The van der Waals surface area contributed by atoms with E-state index in [9.17, 15) is 0 Å². The van der Waals surface area contributed by atoms with Gasteiger partial charge in [-0.2, -0.15) is 0 Å². The van der Waals surface area contributed by atoms with Gasteiger partial charge in [0.2, 0.25) is 0 Å². The molecule has 1 unspecified atom stereocenters. The highest BCUT2D eigenvalue weighted by Crippen LogP contribution is 2.38. The number of halogens is 1. The third-order valence-corrected chi connectivity index (χ3v) is 5.27. The third-order valence-electron chi connectivity index (χ3n) is 4.41. The molecule has 2 aromatic rings. The number of hydrogen-bond donors (Lipinski definition) is 1. The summed E-state index contributed by atoms with van der Waals surface area (Å²) in [7, 11) is 0. The van der Waals surface area contributed by atoms with Crippen LogP contribution >= 0.6 is 15.9 Å². The Kier molecular flexibility index (Phi) is 3.99. The van der Waals surface area contributed by atoms with E-state index in [0.29, 0.717) is 12.0 Å². The monoisotopic (exact) mass is 332 g/mol. The van der Waals surface area contributed by atoms with Gasteiger partial charge < -0.3 is 9.88 Å². The maximum Gasteiger partial charge on any atom is 0.0896 e. The summed E-state index contributed by atoms with van der Waals surface area (Å²) in [5.74, 6) is 0.517. The summed E-state index contributed by atoms with van der Waals surface area (Å²) in [5, 5.41) is 5.00. The Hall–Kier alpha value is -1.06. The van der Waals surface area contributed by atoms with Crippen molar-refractivity contribution in [3.8, 4) is 0 Å². The van der Waals surface area contributed by atoms with Gasteiger partial charge in [0.25, 0.3) is 0 Å². The number of allylic oxidation sites excluding steroid dienone is 1. The van der Waals surface area contributed by atoms with Gasteiger partial charge >= 0.3 is 0 Å². The van der Waals surface area contributed by atoms with Crippen molar-refractivity contribution in [2.24, 2.45) is 0 Å². The molecule has 1 fully saturated rings. The molecular weight excluding hydrogens is 312 g/mol. The number of nitrogens with one attached hydrogen (secondary N) is 1. The van der Waals surface area contributed by atoms with Crippen LogP contribution < -0.4 is 5.32 Å². The largest absolute Gasteiger partial charge is 0.331 e. The lowest BCUT2D eigenvalue weighted by Crippen LogP contribution is -2.27. The maximum atomic E-state index is 3.88. The number of benzene rings is 1. The van der Waals surface area contributed by atoms with Crippen molar-refractivity contribution in [2.75, 3.05) is 6.54 Å². The molecule has 20 heavy (non-hydrogen) atoms. The number of aromatic nitrogens is 1. The predicted molar refractivity (Wildman–Crippen MR) is 89.3 cm³/mol. The minimum Gasteiger partial charge on any atom is -0.331 e. The Morgan fingerprint density at radius 2 is 2.30 bits per heavy atom. The highest BCUT2D eigenvalue weighted by molar-refractivity contribution is 9.10. The van der Waals surface area contributed by atoms with Crippen molar-refractivity contribution in [1.82, 2.24) is 9.88 Å². The van der Waals surface area contributed by atoms with Crippen LogP contribution in [-0.2, 0) is 6.54 Å². The van der Waals surface area contributed by atoms with E-state index >= 15 is 0 Å². The average Bonchev–Trinajstić information content (AvgIpc) is 3.07. The van der Waals surface area contributed by atoms with Crippen molar-refractivity contribution < 1.29 is 0 Å². The van der Waals surface area contributed by atoms with Gasteiger partial charge in [0.15, 0.2) is 0 Å². The molecule has 0 amide bonds. The van der Waals surface area contributed by atoms with E-state index in [1.165, 1.54) is 33.9 Å². The number of fused-ring (bicyclic) bond motifs is 1. The summed E-state index contributed by atoms with van der Waals surface area (Å²) >= 11 is 3.83. The highest BCUT2D eigenvalue weighted by atomic mass is 79.9. The van der Waals surface area contributed by atoms with Gasteiger partial charge in [-0.05, 0) is 52.9 Å². The molecule has 0 spiro atoms. The molecule has 2 nitrogen and oxygen atoms in total. The second-order valence-corrected chi connectivity index (χ2v) is 6.36. The predicted octanol–water partition coefficient (Wildman–Crippen LogP) is 4.45. The lowest BCUT2D eigenvalue weighted by Gasteiger charge is -2.20. The van der Waals surface area contributed by atoms with Crippen LogP contribution in [0.4, 0.5) is 0 Å². The average molecular weight is 333 g/mol. The van der Waals surface area contributed by atoms with Gasteiger partial charge in [0.1, 0.15) is 0 Å². The van der Waals surface area contributed by atoms with Gasteiger partial charge in [-0.15, -0.1) is 6.58 Å². The van der Waals surface area contributed by atoms with E-state index in [1.54, 1.807) is 0 Å². The van der Waals surface area contributed by atoms with Gasteiger partial charge in [0.05, 0.1) is 4.60 Å². The molecule has 3 heteroatoms. The molecule has 106 valence electrons. The van der Waals surface area contributed by atoms with Gasteiger partial charge in [0, 0.05) is 23.5 Å². The molecule has 2 atom stereocenters. The Bertz CT molecular complexity index is 623. The molecule has 1 aromatic carbocycles. The SMILES string of the molecule is C=CCn1c(Br)c(C(C)[C@H]2CCCN2)c2ccccc21. The summed E-state index contributed by atoms with van der Waals surface area (Å²) in [4.78, 5) is 0. The topological polar surface area (TPSA) is 17.0 Å². The normalized spacial score (nSPS) is 20.4. The number of hydrogen-bond acceptors (Lipinski definition) is 1. The van der Waals surface area contributed by atoms with Crippen LogP contribution in [0.25, 0.3) is 10.9 Å². The van der Waals surface area contributed by atoms with Gasteiger partial charge in [-0.3, -0.25) is 0 Å². The molecule has 1 aromatic heterocycles. The molecule has 0 bridgehead atoms. The Labute approximate surface area is 129 Å². The molecule has 1 aliphatic heterocycles. The van der Waals surface area contributed by atoms with E-state index in [-0.39, 0.29) is 0 Å². The summed E-state index contributed by atoms with van der Waals surface area (Å²) in [6, 6.07) is 9.26. The first kappa shape index (κ1) is 13.9. The smallest absolute Gasteiger partial charge is 0.0896 e. The maximum absolute atomic E-state index is 3.88. The summed E-state index contributed by atoms with van der Waals surface area (Å²) in [6.45, 7) is 8.21. The molecule has 0 saturated carbocycles. The van der Waals surface area contributed by atoms with E-state index < -0.39 is 0 Å². The van der Waals surface area contributed by atoms with E-state index in [4.69, 9.17) is 0 Å². The number of para-hydroxylation sites is 1. The van der Waals surface area contributed by atoms with Crippen molar-refractivity contribution in [3.63, 3.8) is 0 Å². The summed E-state index contributed by atoms with van der Waals surface area (Å²) in [6.07, 6.45) is 4.52. The van der Waals surface area contributed by atoms with E-state index in [2.05, 4.69) is 63.6 Å². The molecule has 0 radical (unpaired) electrons. The summed E-state index contributed by atoms with van der Waals surface area (Å²) < 4.78 is 3.52. The fourth-order valence-corrected chi connectivity index (χ4v) is 4.29. The first-order chi connectivity index (χ1) is 9.74. The Balaban J connectivity index is 2.13. The van der Waals surface area contributed by atoms with Crippen LogP contribution in [0, 0.1) is 0 Å².